The molecule has 244 valence electrons. The maximum atomic E-state index is 6.41. The first kappa shape index (κ1) is 34.3. The third kappa shape index (κ3) is 9.23. The van der Waals surface area contributed by atoms with E-state index in [0.29, 0.717) is 44.3 Å². The Kier molecular flexibility index (Phi) is 12.7. The van der Waals surface area contributed by atoms with Crippen molar-refractivity contribution in [3.05, 3.63) is 71.8 Å². The summed E-state index contributed by atoms with van der Waals surface area (Å²) in [5.74, 6) is 2.85. The van der Waals surface area contributed by atoms with Crippen LogP contribution in [0.15, 0.2) is 60.7 Å². The Morgan fingerprint density at radius 3 is 1.13 bits per heavy atom. The summed E-state index contributed by atoms with van der Waals surface area (Å²) >= 11 is 0. The lowest BCUT2D eigenvalue weighted by molar-refractivity contribution is -0.0620. The zero-order valence-corrected chi connectivity index (χ0v) is 27.9. The molecule has 0 amide bonds. The van der Waals surface area contributed by atoms with Crippen LogP contribution in [0.5, 0.6) is 23.0 Å². The molecular formula is C37H48O8. The van der Waals surface area contributed by atoms with Crippen LogP contribution in [0, 0.1) is 0 Å². The van der Waals surface area contributed by atoms with E-state index >= 15 is 0 Å². The van der Waals surface area contributed by atoms with Crippen LogP contribution >= 0.6 is 0 Å². The van der Waals surface area contributed by atoms with Crippen molar-refractivity contribution in [2.75, 3.05) is 26.4 Å². The Morgan fingerprint density at radius 2 is 0.778 bits per heavy atom. The quantitative estimate of drug-likeness (QED) is 0.102. The van der Waals surface area contributed by atoms with Gasteiger partial charge >= 0.3 is 0 Å². The van der Waals surface area contributed by atoms with Gasteiger partial charge in [0, 0.05) is 44.0 Å². The summed E-state index contributed by atoms with van der Waals surface area (Å²) in [7, 11) is 0. The van der Waals surface area contributed by atoms with Crippen molar-refractivity contribution in [3.8, 4) is 23.0 Å². The van der Waals surface area contributed by atoms with Gasteiger partial charge in [0.2, 0.25) is 0 Å². The second-order valence-electron chi connectivity index (χ2n) is 10.6. The molecule has 4 unspecified atom stereocenters. The first-order chi connectivity index (χ1) is 21.8. The van der Waals surface area contributed by atoms with E-state index in [2.05, 4.69) is 24.3 Å². The molecule has 0 aromatic heterocycles. The van der Waals surface area contributed by atoms with Crippen LogP contribution in [0.2, 0.25) is 0 Å². The van der Waals surface area contributed by atoms with Gasteiger partial charge in [0.1, 0.15) is 23.0 Å². The van der Waals surface area contributed by atoms with Gasteiger partial charge in [0.05, 0.1) is 0 Å². The summed E-state index contributed by atoms with van der Waals surface area (Å²) in [4.78, 5) is 0. The molecule has 4 rings (SSSR count). The first-order valence-electron chi connectivity index (χ1n) is 16.0. The summed E-state index contributed by atoms with van der Waals surface area (Å²) < 4.78 is 47.9. The molecule has 0 N–H and O–H groups in total. The van der Waals surface area contributed by atoms with E-state index in [4.69, 9.17) is 37.9 Å². The topological polar surface area (TPSA) is 73.8 Å². The number of benzene rings is 4. The molecule has 8 nitrogen and oxygen atoms in total. The summed E-state index contributed by atoms with van der Waals surface area (Å²) in [6, 6.07) is 20.3. The number of hydrogen-bond donors (Lipinski definition) is 0. The van der Waals surface area contributed by atoms with Gasteiger partial charge in [-0.25, -0.2) is 0 Å². The summed E-state index contributed by atoms with van der Waals surface area (Å²) in [5, 5.41) is 4.10. The molecule has 0 radical (unpaired) electrons. The van der Waals surface area contributed by atoms with Crippen molar-refractivity contribution >= 4 is 21.5 Å². The van der Waals surface area contributed by atoms with E-state index in [-0.39, 0.29) is 12.6 Å². The van der Waals surface area contributed by atoms with Crippen LogP contribution in [0.4, 0.5) is 0 Å². The second-order valence-corrected chi connectivity index (χ2v) is 10.6. The van der Waals surface area contributed by atoms with Crippen LogP contribution in [-0.4, -0.2) is 51.6 Å². The minimum Gasteiger partial charge on any atom is -0.465 e. The fourth-order valence-corrected chi connectivity index (χ4v) is 5.41. The predicted octanol–water partition coefficient (Wildman–Crippen LogP) is 8.63. The van der Waals surface area contributed by atoms with Gasteiger partial charge in [-0.15, -0.1) is 0 Å². The Labute approximate surface area is 267 Å². The Morgan fingerprint density at radius 1 is 0.444 bits per heavy atom. The van der Waals surface area contributed by atoms with E-state index in [0.717, 1.165) is 44.2 Å². The van der Waals surface area contributed by atoms with Gasteiger partial charge in [0.15, 0.2) is 25.2 Å². The van der Waals surface area contributed by atoms with Gasteiger partial charge in [-0.1, -0.05) is 24.3 Å². The van der Waals surface area contributed by atoms with E-state index in [1.165, 1.54) is 0 Å². The lowest BCUT2D eigenvalue weighted by Gasteiger charge is -2.23. The van der Waals surface area contributed by atoms with Gasteiger partial charge in [-0.3, -0.25) is 0 Å². The molecule has 0 aliphatic rings. The lowest BCUT2D eigenvalue weighted by atomic mass is 9.93. The Balaban J connectivity index is 1.90. The zero-order valence-electron chi connectivity index (χ0n) is 27.9. The summed E-state index contributed by atoms with van der Waals surface area (Å²) in [5.41, 5.74) is 1.95. The monoisotopic (exact) mass is 620 g/mol. The Hall–Kier alpha value is -3.56. The van der Waals surface area contributed by atoms with Crippen molar-refractivity contribution < 1.29 is 37.9 Å². The van der Waals surface area contributed by atoms with Crippen LogP contribution in [0.25, 0.3) is 21.5 Å². The molecule has 0 spiro atoms. The molecule has 4 atom stereocenters. The highest BCUT2D eigenvalue weighted by Crippen LogP contribution is 2.39. The maximum Gasteiger partial charge on any atom is 0.196 e. The third-order valence-corrected chi connectivity index (χ3v) is 7.27. The molecule has 4 aromatic carbocycles. The number of hydrogen-bond acceptors (Lipinski definition) is 8. The standard InChI is InChI=1S/C37H48O8/c1-9-38-24(5)42-30-17-13-28-15-19-36(44-26(7)40-11-3)34(32(28)21-30)23-35-33-22-31(43-25(6)39-10-2)18-14-29(33)16-20-37(35)45-27(8)41-12-4/h13-22,24-27H,9-12,23H2,1-8H3. The van der Waals surface area contributed by atoms with Gasteiger partial charge in [-0.2, -0.15) is 0 Å². The highest BCUT2D eigenvalue weighted by Gasteiger charge is 2.20. The van der Waals surface area contributed by atoms with Gasteiger partial charge in [0.25, 0.3) is 0 Å². The summed E-state index contributed by atoms with van der Waals surface area (Å²) in [6.45, 7) is 17.6. The van der Waals surface area contributed by atoms with E-state index in [9.17, 15) is 0 Å². The SMILES string of the molecule is CCOC(C)Oc1ccc2ccc(OC(C)OCC)c(Cc3c(OC(C)OCC)ccc4ccc(OC(C)OCC)cc34)c2c1. The molecule has 0 saturated carbocycles. The largest absolute Gasteiger partial charge is 0.465 e. The molecule has 0 aliphatic carbocycles. The summed E-state index contributed by atoms with van der Waals surface area (Å²) in [6.07, 6.45) is -1.16. The molecule has 8 heteroatoms. The highest BCUT2D eigenvalue weighted by molar-refractivity contribution is 5.93. The molecule has 0 fully saturated rings. The fraction of sp³-hybridized carbons (Fsp3) is 0.459. The van der Waals surface area contributed by atoms with Crippen molar-refractivity contribution in [3.63, 3.8) is 0 Å². The lowest BCUT2D eigenvalue weighted by Crippen LogP contribution is -2.18. The Bertz CT molecular complexity index is 1400. The number of ether oxygens (including phenoxy) is 8. The zero-order chi connectivity index (χ0) is 32.3. The molecule has 0 aliphatic heterocycles. The maximum absolute atomic E-state index is 6.41. The van der Waals surface area contributed by atoms with Crippen molar-refractivity contribution in [2.45, 2.75) is 87.0 Å². The molecule has 45 heavy (non-hydrogen) atoms. The van der Waals surface area contributed by atoms with E-state index in [1.807, 2.05) is 91.8 Å². The minimum absolute atomic E-state index is 0.385. The van der Waals surface area contributed by atoms with Gasteiger partial charge in [-0.05, 0) is 113 Å². The molecule has 0 bridgehead atoms. The smallest absolute Gasteiger partial charge is 0.196 e. The van der Waals surface area contributed by atoms with Crippen LogP contribution in [-0.2, 0) is 25.4 Å². The van der Waals surface area contributed by atoms with Gasteiger partial charge < -0.3 is 37.9 Å². The number of fused-ring (bicyclic) bond motifs is 2. The fourth-order valence-electron chi connectivity index (χ4n) is 5.41. The van der Waals surface area contributed by atoms with E-state index < -0.39 is 12.6 Å². The molecule has 4 aromatic rings. The highest BCUT2D eigenvalue weighted by atomic mass is 16.7. The minimum atomic E-state index is -0.440. The van der Waals surface area contributed by atoms with Crippen LogP contribution in [0.1, 0.15) is 66.5 Å². The predicted molar refractivity (Wildman–Crippen MR) is 178 cm³/mol. The molecule has 0 saturated heterocycles. The normalized spacial score (nSPS) is 14.2. The van der Waals surface area contributed by atoms with Crippen molar-refractivity contribution in [1.82, 2.24) is 0 Å². The average molecular weight is 621 g/mol. The van der Waals surface area contributed by atoms with Crippen LogP contribution in [0.3, 0.4) is 0 Å². The molecular weight excluding hydrogens is 572 g/mol. The average Bonchev–Trinajstić information content (AvgIpc) is 2.99. The first-order valence-corrected chi connectivity index (χ1v) is 16.0. The van der Waals surface area contributed by atoms with Crippen molar-refractivity contribution in [1.29, 1.82) is 0 Å². The molecule has 0 heterocycles. The third-order valence-electron chi connectivity index (χ3n) is 7.27. The van der Waals surface area contributed by atoms with E-state index in [1.54, 1.807) is 0 Å². The van der Waals surface area contributed by atoms with Crippen molar-refractivity contribution in [2.24, 2.45) is 0 Å². The second kappa shape index (κ2) is 16.7. The van der Waals surface area contributed by atoms with Crippen LogP contribution < -0.4 is 18.9 Å². The number of rotatable bonds is 18.